The molecule has 136 valence electrons. The summed E-state index contributed by atoms with van der Waals surface area (Å²) in [6, 6.07) is 12.8. The fourth-order valence-electron chi connectivity index (χ4n) is 3.18. The van der Waals surface area contributed by atoms with Gasteiger partial charge in [-0.05, 0) is 49.6 Å². The van der Waals surface area contributed by atoms with E-state index >= 15 is 0 Å². The van der Waals surface area contributed by atoms with Crippen LogP contribution in [0.1, 0.15) is 34.5 Å². The normalized spacial score (nSPS) is 17.0. The molecule has 0 saturated carbocycles. The predicted octanol–water partition coefficient (Wildman–Crippen LogP) is 2.34. The lowest BCUT2D eigenvalue weighted by Gasteiger charge is -2.32. The topological polar surface area (TPSA) is 88.3 Å². The number of nitrogens with one attached hydrogen (secondary N) is 1. The van der Waals surface area contributed by atoms with E-state index in [0.29, 0.717) is 31.0 Å². The molecule has 6 nitrogen and oxygen atoms in total. The van der Waals surface area contributed by atoms with Crippen LogP contribution in [0.5, 0.6) is 0 Å². The number of benzene rings is 1. The molecule has 2 amide bonds. The van der Waals surface area contributed by atoms with Crippen molar-refractivity contribution in [3.05, 3.63) is 59.3 Å². The minimum absolute atomic E-state index is 0.0419. The molecule has 1 atom stereocenters. The van der Waals surface area contributed by atoms with Gasteiger partial charge in [-0.15, -0.1) is 0 Å². The van der Waals surface area contributed by atoms with E-state index in [0.717, 1.165) is 24.1 Å². The fourth-order valence-corrected chi connectivity index (χ4v) is 3.18. The Morgan fingerprint density at radius 2 is 2.00 bits per heavy atom. The molecule has 1 aromatic heterocycles. The van der Waals surface area contributed by atoms with Gasteiger partial charge in [0.05, 0.1) is 5.92 Å². The zero-order valence-corrected chi connectivity index (χ0v) is 14.9. The van der Waals surface area contributed by atoms with Gasteiger partial charge in [0.2, 0.25) is 5.91 Å². The minimum atomic E-state index is -0.224. The average molecular weight is 352 g/mol. The Morgan fingerprint density at radius 3 is 2.69 bits per heavy atom. The van der Waals surface area contributed by atoms with Crippen LogP contribution in [-0.2, 0) is 11.3 Å². The molecule has 1 aromatic carbocycles. The SMILES string of the molecule is Cc1cccc(NC(=O)C2CCCN(C(=O)c3ccc(CN)cc3)C2)n1. The van der Waals surface area contributed by atoms with Gasteiger partial charge in [-0.1, -0.05) is 18.2 Å². The molecule has 2 heterocycles. The molecule has 1 saturated heterocycles. The van der Waals surface area contributed by atoms with E-state index in [4.69, 9.17) is 5.73 Å². The standard InChI is InChI=1S/C20H24N4O2/c1-14-4-2-6-18(22-14)23-19(25)17-5-3-11-24(13-17)20(26)16-9-7-15(12-21)8-10-16/h2,4,6-10,17H,3,5,11-13,21H2,1H3,(H,22,23,25). The lowest BCUT2D eigenvalue weighted by molar-refractivity contribution is -0.121. The van der Waals surface area contributed by atoms with Crippen molar-refractivity contribution >= 4 is 17.6 Å². The molecule has 1 aliphatic heterocycles. The van der Waals surface area contributed by atoms with E-state index in [1.165, 1.54) is 0 Å². The summed E-state index contributed by atoms with van der Waals surface area (Å²) in [6.07, 6.45) is 1.58. The molecule has 26 heavy (non-hydrogen) atoms. The maximum Gasteiger partial charge on any atom is 0.253 e. The Hall–Kier alpha value is -2.73. The van der Waals surface area contributed by atoms with Crippen molar-refractivity contribution in [2.24, 2.45) is 11.7 Å². The van der Waals surface area contributed by atoms with Crippen LogP contribution in [0.2, 0.25) is 0 Å². The highest BCUT2D eigenvalue weighted by molar-refractivity contribution is 5.96. The van der Waals surface area contributed by atoms with Crippen LogP contribution in [-0.4, -0.2) is 34.8 Å². The van der Waals surface area contributed by atoms with E-state index in [1.54, 1.807) is 23.1 Å². The number of aromatic nitrogens is 1. The maximum absolute atomic E-state index is 12.7. The van der Waals surface area contributed by atoms with E-state index in [-0.39, 0.29) is 17.7 Å². The van der Waals surface area contributed by atoms with Crippen molar-refractivity contribution in [2.75, 3.05) is 18.4 Å². The molecule has 3 N–H and O–H groups in total. The number of likely N-dealkylation sites (tertiary alicyclic amines) is 1. The Labute approximate surface area is 153 Å². The fraction of sp³-hybridized carbons (Fsp3) is 0.350. The summed E-state index contributed by atoms with van der Waals surface area (Å²) in [6.45, 7) is 3.43. The number of carbonyl (C=O) groups is 2. The number of hydrogen-bond acceptors (Lipinski definition) is 4. The van der Waals surface area contributed by atoms with Gasteiger partial charge < -0.3 is 16.0 Å². The molecule has 1 aliphatic rings. The summed E-state index contributed by atoms with van der Waals surface area (Å²) in [5.74, 6) is 0.202. The minimum Gasteiger partial charge on any atom is -0.338 e. The molecule has 3 rings (SSSR count). The van der Waals surface area contributed by atoms with Crippen molar-refractivity contribution in [3.63, 3.8) is 0 Å². The van der Waals surface area contributed by atoms with Crippen molar-refractivity contribution in [1.29, 1.82) is 0 Å². The van der Waals surface area contributed by atoms with Crippen LogP contribution in [0.15, 0.2) is 42.5 Å². The smallest absolute Gasteiger partial charge is 0.253 e. The average Bonchev–Trinajstić information content (AvgIpc) is 2.67. The third kappa shape index (κ3) is 4.26. The summed E-state index contributed by atoms with van der Waals surface area (Å²) in [7, 11) is 0. The highest BCUT2D eigenvalue weighted by atomic mass is 16.2. The molecular formula is C20H24N4O2. The quantitative estimate of drug-likeness (QED) is 0.884. The zero-order valence-electron chi connectivity index (χ0n) is 14.9. The monoisotopic (exact) mass is 352 g/mol. The lowest BCUT2D eigenvalue weighted by atomic mass is 9.96. The lowest BCUT2D eigenvalue weighted by Crippen LogP contribution is -2.43. The maximum atomic E-state index is 12.7. The number of aryl methyl sites for hydroxylation is 1. The van der Waals surface area contributed by atoms with Crippen LogP contribution >= 0.6 is 0 Å². The molecule has 0 spiro atoms. The number of carbonyl (C=O) groups excluding carboxylic acids is 2. The van der Waals surface area contributed by atoms with E-state index in [1.807, 2.05) is 31.2 Å². The summed E-state index contributed by atoms with van der Waals surface area (Å²) in [5, 5.41) is 2.86. The summed E-state index contributed by atoms with van der Waals surface area (Å²) >= 11 is 0. The van der Waals surface area contributed by atoms with E-state index in [2.05, 4.69) is 10.3 Å². The second-order valence-corrected chi connectivity index (χ2v) is 6.64. The third-order valence-corrected chi connectivity index (χ3v) is 4.66. The second-order valence-electron chi connectivity index (χ2n) is 6.64. The first kappa shape index (κ1) is 18.1. The number of piperidine rings is 1. The number of nitrogens with two attached hydrogens (primary N) is 1. The molecule has 2 aromatic rings. The Morgan fingerprint density at radius 1 is 1.23 bits per heavy atom. The van der Waals surface area contributed by atoms with Crippen molar-refractivity contribution in [3.8, 4) is 0 Å². The van der Waals surface area contributed by atoms with Gasteiger partial charge >= 0.3 is 0 Å². The van der Waals surface area contributed by atoms with Crippen molar-refractivity contribution in [2.45, 2.75) is 26.3 Å². The Kier molecular flexibility index (Phi) is 5.63. The number of nitrogens with zero attached hydrogens (tertiary/aromatic N) is 2. The molecule has 1 fully saturated rings. The first-order chi connectivity index (χ1) is 12.6. The summed E-state index contributed by atoms with van der Waals surface area (Å²) in [5.41, 5.74) is 8.07. The van der Waals surface area contributed by atoms with Crippen LogP contribution in [0.3, 0.4) is 0 Å². The Balaban J connectivity index is 1.64. The summed E-state index contributed by atoms with van der Waals surface area (Å²) < 4.78 is 0. The highest BCUT2D eigenvalue weighted by Crippen LogP contribution is 2.20. The Bertz CT molecular complexity index is 789. The first-order valence-corrected chi connectivity index (χ1v) is 8.89. The molecule has 0 radical (unpaired) electrons. The number of pyridine rings is 1. The van der Waals surface area contributed by atoms with Gasteiger partial charge in [-0.25, -0.2) is 4.98 Å². The summed E-state index contributed by atoms with van der Waals surface area (Å²) in [4.78, 5) is 31.3. The number of rotatable bonds is 4. The van der Waals surface area contributed by atoms with Gasteiger partial charge in [-0.3, -0.25) is 9.59 Å². The molecular weight excluding hydrogens is 328 g/mol. The largest absolute Gasteiger partial charge is 0.338 e. The third-order valence-electron chi connectivity index (χ3n) is 4.66. The van der Waals surface area contributed by atoms with Crippen LogP contribution in [0, 0.1) is 12.8 Å². The molecule has 0 aliphatic carbocycles. The van der Waals surface area contributed by atoms with Crippen LogP contribution in [0.25, 0.3) is 0 Å². The van der Waals surface area contributed by atoms with E-state index in [9.17, 15) is 9.59 Å². The number of anilines is 1. The van der Waals surface area contributed by atoms with E-state index < -0.39 is 0 Å². The predicted molar refractivity (Wildman–Crippen MR) is 101 cm³/mol. The van der Waals surface area contributed by atoms with Gasteiger partial charge in [0.1, 0.15) is 5.82 Å². The first-order valence-electron chi connectivity index (χ1n) is 8.89. The van der Waals surface area contributed by atoms with Crippen molar-refractivity contribution < 1.29 is 9.59 Å². The van der Waals surface area contributed by atoms with Gasteiger partial charge in [0, 0.05) is 30.9 Å². The van der Waals surface area contributed by atoms with Crippen LogP contribution in [0.4, 0.5) is 5.82 Å². The van der Waals surface area contributed by atoms with Crippen molar-refractivity contribution in [1.82, 2.24) is 9.88 Å². The number of amides is 2. The highest BCUT2D eigenvalue weighted by Gasteiger charge is 2.29. The van der Waals surface area contributed by atoms with Gasteiger partial charge in [-0.2, -0.15) is 0 Å². The van der Waals surface area contributed by atoms with Gasteiger partial charge in [0.25, 0.3) is 5.91 Å². The van der Waals surface area contributed by atoms with Crippen LogP contribution < -0.4 is 11.1 Å². The zero-order chi connectivity index (χ0) is 18.5. The number of hydrogen-bond donors (Lipinski definition) is 2. The molecule has 6 heteroatoms. The molecule has 1 unspecified atom stereocenters. The second kappa shape index (κ2) is 8.10. The van der Waals surface area contributed by atoms with Gasteiger partial charge in [0.15, 0.2) is 0 Å². The molecule has 0 bridgehead atoms.